The predicted octanol–water partition coefficient (Wildman–Crippen LogP) is 1.95. The fourth-order valence-electron chi connectivity index (χ4n) is 3.56. The monoisotopic (exact) mass is 402 g/mol. The number of carbonyl (C=O) groups is 1. The zero-order valence-corrected chi connectivity index (χ0v) is 15.5. The molecule has 0 aliphatic carbocycles. The molecule has 10 heteroatoms. The number of fused-ring (bicyclic) bond motifs is 1. The number of benzene rings is 1. The van der Waals surface area contributed by atoms with Gasteiger partial charge in [-0.25, -0.2) is 18.2 Å². The molecular weight excluding hydrogens is 385 g/mol. The summed E-state index contributed by atoms with van der Waals surface area (Å²) >= 11 is 0. The highest BCUT2D eigenvalue weighted by Gasteiger charge is 2.26. The Morgan fingerprint density at radius 2 is 1.93 bits per heavy atom. The van der Waals surface area contributed by atoms with Crippen LogP contribution in [0.1, 0.15) is 27.4 Å². The van der Waals surface area contributed by atoms with E-state index >= 15 is 0 Å². The SMILES string of the molecule is Cn1nncc1CN1CCc2c(-c3c(F)cc(F)cc3F)cc(C(N)=O)nc2C1. The van der Waals surface area contributed by atoms with E-state index in [1.807, 2.05) is 0 Å². The molecule has 0 atom stereocenters. The van der Waals surface area contributed by atoms with Crippen molar-refractivity contribution in [2.45, 2.75) is 19.5 Å². The Labute approximate surface area is 164 Å². The number of carbonyl (C=O) groups excluding carboxylic acids is 1. The van der Waals surface area contributed by atoms with E-state index in [4.69, 9.17) is 5.73 Å². The van der Waals surface area contributed by atoms with Gasteiger partial charge < -0.3 is 5.73 Å². The van der Waals surface area contributed by atoms with Gasteiger partial charge in [-0.05, 0) is 23.6 Å². The van der Waals surface area contributed by atoms with Crippen LogP contribution in [0.15, 0.2) is 24.4 Å². The van der Waals surface area contributed by atoms with Crippen molar-refractivity contribution in [3.63, 3.8) is 0 Å². The second-order valence-electron chi connectivity index (χ2n) is 6.90. The van der Waals surface area contributed by atoms with Gasteiger partial charge in [-0.3, -0.25) is 14.4 Å². The third kappa shape index (κ3) is 3.58. The zero-order chi connectivity index (χ0) is 20.7. The van der Waals surface area contributed by atoms with Crippen molar-refractivity contribution in [3.05, 3.63) is 64.5 Å². The van der Waals surface area contributed by atoms with Crippen molar-refractivity contribution in [3.8, 4) is 11.1 Å². The van der Waals surface area contributed by atoms with Crippen molar-refractivity contribution in [1.29, 1.82) is 0 Å². The minimum absolute atomic E-state index is 0.106. The summed E-state index contributed by atoms with van der Waals surface area (Å²) in [5, 5.41) is 7.74. The highest BCUT2D eigenvalue weighted by Crippen LogP contribution is 2.34. The number of aryl methyl sites for hydroxylation is 1. The predicted molar refractivity (Wildman–Crippen MR) is 96.9 cm³/mol. The molecule has 4 rings (SSSR count). The van der Waals surface area contributed by atoms with Crippen LogP contribution in [0.2, 0.25) is 0 Å². The topological polar surface area (TPSA) is 89.9 Å². The number of aromatic nitrogens is 4. The van der Waals surface area contributed by atoms with Crippen molar-refractivity contribution in [1.82, 2.24) is 24.9 Å². The van der Waals surface area contributed by atoms with Gasteiger partial charge in [-0.2, -0.15) is 0 Å². The molecule has 2 aromatic heterocycles. The van der Waals surface area contributed by atoms with E-state index < -0.39 is 28.9 Å². The van der Waals surface area contributed by atoms with E-state index in [-0.39, 0.29) is 11.3 Å². The Morgan fingerprint density at radius 1 is 1.21 bits per heavy atom. The average Bonchev–Trinajstić information content (AvgIpc) is 3.05. The lowest BCUT2D eigenvalue weighted by Crippen LogP contribution is -2.32. The minimum Gasteiger partial charge on any atom is -0.364 e. The number of hydrogen-bond acceptors (Lipinski definition) is 5. The van der Waals surface area contributed by atoms with Gasteiger partial charge in [0.2, 0.25) is 0 Å². The standard InChI is InChI=1S/C19H17F3N6O/c1-27-11(7-24-26-27)8-28-3-2-12-13(6-16(19(23)29)25-17(12)9-28)18-14(21)4-10(20)5-15(18)22/h4-7H,2-3,8-9H2,1H3,(H2,23,29). The number of pyridine rings is 1. The third-order valence-corrected chi connectivity index (χ3v) is 4.98. The molecule has 1 aliphatic heterocycles. The van der Waals surface area contributed by atoms with Crippen molar-refractivity contribution in [2.24, 2.45) is 12.8 Å². The molecule has 0 saturated heterocycles. The van der Waals surface area contributed by atoms with Crippen LogP contribution in [-0.2, 0) is 26.6 Å². The quantitative estimate of drug-likeness (QED) is 0.721. The molecule has 0 fully saturated rings. The van der Waals surface area contributed by atoms with E-state index in [2.05, 4.69) is 20.2 Å². The molecule has 3 aromatic rings. The Hall–Kier alpha value is -3.27. The van der Waals surface area contributed by atoms with Gasteiger partial charge in [0.1, 0.15) is 23.1 Å². The van der Waals surface area contributed by atoms with Crippen LogP contribution < -0.4 is 5.73 Å². The molecule has 3 heterocycles. The van der Waals surface area contributed by atoms with Gasteiger partial charge in [-0.15, -0.1) is 5.10 Å². The second kappa shape index (κ2) is 7.28. The molecule has 0 spiro atoms. The molecule has 0 saturated carbocycles. The molecular formula is C19H17F3N6O. The lowest BCUT2D eigenvalue weighted by atomic mass is 9.92. The number of halogens is 3. The number of rotatable bonds is 4. The maximum Gasteiger partial charge on any atom is 0.267 e. The molecule has 0 unspecified atom stereocenters. The summed E-state index contributed by atoms with van der Waals surface area (Å²) in [6.07, 6.45) is 2.09. The van der Waals surface area contributed by atoms with Gasteiger partial charge in [0, 0.05) is 38.8 Å². The molecule has 29 heavy (non-hydrogen) atoms. The number of primary amides is 1. The van der Waals surface area contributed by atoms with E-state index in [0.717, 1.165) is 5.69 Å². The van der Waals surface area contributed by atoms with Crippen LogP contribution in [0.5, 0.6) is 0 Å². The first-order valence-corrected chi connectivity index (χ1v) is 8.87. The summed E-state index contributed by atoms with van der Waals surface area (Å²) in [5.74, 6) is -3.92. The maximum atomic E-state index is 14.4. The van der Waals surface area contributed by atoms with Gasteiger partial charge in [0.15, 0.2) is 0 Å². The first kappa shape index (κ1) is 19.1. The third-order valence-electron chi connectivity index (χ3n) is 4.98. The van der Waals surface area contributed by atoms with Crippen LogP contribution in [0, 0.1) is 17.5 Å². The molecule has 2 N–H and O–H groups in total. The van der Waals surface area contributed by atoms with Crippen LogP contribution in [0.3, 0.4) is 0 Å². The highest BCUT2D eigenvalue weighted by atomic mass is 19.1. The first-order chi connectivity index (χ1) is 13.8. The van der Waals surface area contributed by atoms with Gasteiger partial charge in [-0.1, -0.05) is 5.21 Å². The van der Waals surface area contributed by atoms with Crippen LogP contribution in [0.25, 0.3) is 11.1 Å². The molecule has 0 radical (unpaired) electrons. The minimum atomic E-state index is -1.05. The Morgan fingerprint density at radius 3 is 2.55 bits per heavy atom. The normalized spacial score (nSPS) is 14.1. The van der Waals surface area contributed by atoms with E-state index in [1.54, 1.807) is 17.9 Å². The lowest BCUT2D eigenvalue weighted by Gasteiger charge is -2.29. The Balaban J connectivity index is 1.78. The number of nitrogens with two attached hydrogens (primary N) is 1. The van der Waals surface area contributed by atoms with Gasteiger partial charge in [0.05, 0.1) is 23.1 Å². The van der Waals surface area contributed by atoms with Crippen molar-refractivity contribution < 1.29 is 18.0 Å². The highest BCUT2D eigenvalue weighted by molar-refractivity contribution is 5.92. The summed E-state index contributed by atoms with van der Waals surface area (Å²) in [4.78, 5) is 18.1. The summed E-state index contributed by atoms with van der Waals surface area (Å²) < 4.78 is 43.9. The summed E-state index contributed by atoms with van der Waals surface area (Å²) in [6, 6.07) is 2.49. The van der Waals surface area contributed by atoms with Crippen LogP contribution in [0.4, 0.5) is 13.2 Å². The summed E-state index contributed by atoms with van der Waals surface area (Å²) in [6.45, 7) is 1.48. The number of hydrogen-bond donors (Lipinski definition) is 1. The molecule has 7 nitrogen and oxygen atoms in total. The number of amides is 1. The largest absolute Gasteiger partial charge is 0.364 e. The molecule has 0 bridgehead atoms. The van der Waals surface area contributed by atoms with Crippen LogP contribution in [-0.4, -0.2) is 37.3 Å². The molecule has 1 amide bonds. The average molecular weight is 402 g/mol. The summed E-state index contributed by atoms with van der Waals surface area (Å²) in [5.41, 5.74) is 7.04. The van der Waals surface area contributed by atoms with E-state index in [1.165, 1.54) is 6.07 Å². The smallest absolute Gasteiger partial charge is 0.267 e. The van der Waals surface area contributed by atoms with Crippen molar-refractivity contribution in [2.75, 3.05) is 6.54 Å². The number of nitrogens with zero attached hydrogens (tertiary/aromatic N) is 5. The fourth-order valence-corrected chi connectivity index (χ4v) is 3.56. The van der Waals surface area contributed by atoms with Crippen LogP contribution >= 0.6 is 0 Å². The lowest BCUT2D eigenvalue weighted by molar-refractivity contribution is 0.0994. The fraction of sp³-hybridized carbons (Fsp3) is 0.263. The van der Waals surface area contributed by atoms with Gasteiger partial charge in [0.25, 0.3) is 5.91 Å². The first-order valence-electron chi connectivity index (χ1n) is 8.87. The Kier molecular flexibility index (Phi) is 4.79. The molecule has 1 aliphatic rings. The van der Waals surface area contributed by atoms with E-state index in [0.29, 0.717) is 49.4 Å². The van der Waals surface area contributed by atoms with E-state index in [9.17, 15) is 18.0 Å². The van der Waals surface area contributed by atoms with Gasteiger partial charge >= 0.3 is 0 Å². The second-order valence-corrected chi connectivity index (χ2v) is 6.90. The summed E-state index contributed by atoms with van der Waals surface area (Å²) in [7, 11) is 1.78. The maximum absolute atomic E-state index is 14.4. The Bertz CT molecular complexity index is 1090. The zero-order valence-electron chi connectivity index (χ0n) is 15.5. The molecule has 150 valence electrons. The van der Waals surface area contributed by atoms with Crippen molar-refractivity contribution >= 4 is 5.91 Å². The molecule has 1 aromatic carbocycles.